The molecule has 0 saturated carbocycles. The molecule has 0 amide bonds. The summed E-state index contributed by atoms with van der Waals surface area (Å²) in [6, 6.07) is 14.4. The minimum absolute atomic E-state index is 0.0973. The molecule has 0 radical (unpaired) electrons. The van der Waals surface area contributed by atoms with E-state index in [-0.39, 0.29) is 18.6 Å². The van der Waals surface area contributed by atoms with Crippen molar-refractivity contribution in [2.24, 2.45) is 0 Å². The quantitative estimate of drug-likeness (QED) is 0.475. The monoisotopic (exact) mass is 468 g/mol. The SMILES string of the molecule is O=C(OCc1ccccc1)c1cc(C(F)(Cl)CCBr)ccc1N1CCNCC1. The molecule has 0 aliphatic carbocycles. The third-order valence-corrected chi connectivity index (χ3v) is 5.52. The maximum atomic E-state index is 14.9. The van der Waals surface area contributed by atoms with Crippen molar-refractivity contribution in [2.75, 3.05) is 36.4 Å². The lowest BCUT2D eigenvalue weighted by molar-refractivity contribution is 0.0473. The molecule has 1 heterocycles. The van der Waals surface area contributed by atoms with Crippen LogP contribution >= 0.6 is 27.5 Å². The van der Waals surface area contributed by atoms with E-state index >= 15 is 0 Å². The molecule has 28 heavy (non-hydrogen) atoms. The second kappa shape index (κ2) is 9.72. The Morgan fingerprint density at radius 3 is 2.61 bits per heavy atom. The Kier molecular flexibility index (Phi) is 7.32. The van der Waals surface area contributed by atoms with Crippen molar-refractivity contribution in [1.29, 1.82) is 0 Å². The Labute approximate surface area is 178 Å². The van der Waals surface area contributed by atoms with E-state index in [1.807, 2.05) is 30.3 Å². The molecule has 0 aromatic heterocycles. The van der Waals surface area contributed by atoms with E-state index in [9.17, 15) is 9.18 Å². The third-order valence-electron chi connectivity index (χ3n) is 4.72. The average molecular weight is 470 g/mol. The van der Waals surface area contributed by atoms with Crippen molar-refractivity contribution in [1.82, 2.24) is 5.32 Å². The number of ether oxygens (including phenoxy) is 1. The zero-order valence-electron chi connectivity index (χ0n) is 15.5. The molecule has 7 heteroatoms. The maximum Gasteiger partial charge on any atom is 0.340 e. The lowest BCUT2D eigenvalue weighted by atomic mass is 10.0. The zero-order valence-corrected chi connectivity index (χ0v) is 17.8. The number of hydrogen-bond acceptors (Lipinski definition) is 4. The van der Waals surface area contributed by atoms with Crippen LogP contribution in [0.3, 0.4) is 0 Å². The maximum absolute atomic E-state index is 14.9. The number of halogens is 3. The lowest BCUT2D eigenvalue weighted by Crippen LogP contribution is -2.44. The van der Waals surface area contributed by atoms with Gasteiger partial charge in [-0.1, -0.05) is 63.9 Å². The highest BCUT2D eigenvalue weighted by atomic mass is 79.9. The van der Waals surface area contributed by atoms with Gasteiger partial charge in [-0.05, 0) is 17.7 Å². The molecule has 3 rings (SSSR count). The third kappa shape index (κ3) is 5.25. The standard InChI is InChI=1S/C21H23BrClFN2O2/c22-9-8-21(23,24)17-6-7-19(26-12-10-25-11-13-26)18(14-17)20(27)28-15-16-4-2-1-3-5-16/h1-7,14,25H,8-13,15H2. The number of rotatable bonds is 7. The fourth-order valence-corrected chi connectivity index (χ4v) is 4.16. The van der Waals surface area contributed by atoms with Crippen LogP contribution in [-0.2, 0) is 16.5 Å². The van der Waals surface area contributed by atoms with Gasteiger partial charge in [-0.15, -0.1) is 0 Å². The van der Waals surface area contributed by atoms with Gasteiger partial charge in [0.25, 0.3) is 0 Å². The first kappa shape index (κ1) is 21.1. The van der Waals surface area contributed by atoms with Gasteiger partial charge in [0.1, 0.15) is 6.61 Å². The molecular weight excluding hydrogens is 447 g/mol. The molecular formula is C21H23BrClFN2O2. The van der Waals surface area contributed by atoms with E-state index in [1.54, 1.807) is 12.1 Å². The van der Waals surface area contributed by atoms with Gasteiger partial charge >= 0.3 is 5.97 Å². The van der Waals surface area contributed by atoms with E-state index in [2.05, 4.69) is 26.1 Å². The zero-order chi connectivity index (χ0) is 20.0. The molecule has 1 saturated heterocycles. The molecule has 1 atom stereocenters. The summed E-state index contributed by atoms with van der Waals surface area (Å²) in [6.45, 7) is 3.34. The van der Waals surface area contributed by atoms with E-state index in [4.69, 9.17) is 16.3 Å². The first-order valence-corrected chi connectivity index (χ1v) is 10.8. The van der Waals surface area contributed by atoms with Crippen LogP contribution < -0.4 is 10.2 Å². The number of carbonyl (C=O) groups excluding carboxylic acids is 1. The molecule has 150 valence electrons. The van der Waals surface area contributed by atoms with Crippen LogP contribution in [0.5, 0.6) is 0 Å². The summed E-state index contributed by atoms with van der Waals surface area (Å²) < 4.78 is 20.4. The number of carbonyl (C=O) groups is 1. The fraction of sp³-hybridized carbons (Fsp3) is 0.381. The molecule has 0 spiro atoms. The van der Waals surface area contributed by atoms with Crippen molar-refractivity contribution in [3.63, 3.8) is 0 Å². The first-order valence-electron chi connectivity index (χ1n) is 9.26. The number of alkyl halides is 3. The van der Waals surface area contributed by atoms with Crippen LogP contribution in [-0.4, -0.2) is 37.5 Å². The molecule has 1 aliphatic heterocycles. The largest absolute Gasteiger partial charge is 0.457 e. The van der Waals surface area contributed by atoms with E-state index in [0.29, 0.717) is 10.9 Å². The summed E-state index contributed by atoms with van der Waals surface area (Å²) in [4.78, 5) is 15.0. The second-order valence-corrected chi connectivity index (χ2v) is 8.07. The van der Waals surface area contributed by atoms with Crippen molar-refractivity contribution in [2.45, 2.75) is 18.2 Å². The van der Waals surface area contributed by atoms with Crippen molar-refractivity contribution >= 4 is 39.2 Å². The van der Waals surface area contributed by atoms with Crippen LogP contribution in [0.15, 0.2) is 48.5 Å². The number of nitrogens with zero attached hydrogens (tertiary/aromatic N) is 1. The normalized spacial score (nSPS) is 16.5. The predicted molar refractivity (Wildman–Crippen MR) is 114 cm³/mol. The van der Waals surface area contributed by atoms with Crippen LogP contribution in [0.25, 0.3) is 0 Å². The van der Waals surface area contributed by atoms with E-state index < -0.39 is 11.1 Å². The molecule has 1 unspecified atom stereocenters. The van der Waals surface area contributed by atoms with Crippen LogP contribution in [0.1, 0.15) is 27.9 Å². The molecule has 2 aromatic rings. The van der Waals surface area contributed by atoms with Gasteiger partial charge in [-0.2, -0.15) is 0 Å². The number of piperazine rings is 1. The lowest BCUT2D eigenvalue weighted by Gasteiger charge is -2.31. The number of anilines is 1. The van der Waals surface area contributed by atoms with Gasteiger partial charge in [0, 0.05) is 43.5 Å². The number of hydrogen-bond donors (Lipinski definition) is 1. The predicted octanol–water partition coefficient (Wildman–Crippen LogP) is 4.60. The first-order chi connectivity index (χ1) is 13.5. The van der Waals surface area contributed by atoms with Gasteiger partial charge in [0.15, 0.2) is 0 Å². The number of benzene rings is 2. The highest BCUT2D eigenvalue weighted by Crippen LogP contribution is 2.37. The Hall–Kier alpha value is -1.63. The summed E-state index contributed by atoms with van der Waals surface area (Å²) >= 11 is 9.30. The second-order valence-electron chi connectivity index (χ2n) is 6.67. The Bertz CT molecular complexity index is 798. The highest BCUT2D eigenvalue weighted by molar-refractivity contribution is 9.09. The molecule has 1 N–H and O–H groups in total. The van der Waals surface area contributed by atoms with E-state index in [0.717, 1.165) is 37.4 Å². The van der Waals surface area contributed by atoms with Gasteiger partial charge in [-0.25, -0.2) is 9.18 Å². The van der Waals surface area contributed by atoms with Gasteiger partial charge in [-0.3, -0.25) is 0 Å². The minimum Gasteiger partial charge on any atom is -0.457 e. The van der Waals surface area contributed by atoms with Crippen molar-refractivity contribution < 1.29 is 13.9 Å². The molecule has 1 fully saturated rings. The Balaban J connectivity index is 1.88. The van der Waals surface area contributed by atoms with Crippen LogP contribution in [0.2, 0.25) is 0 Å². The highest BCUT2D eigenvalue weighted by Gasteiger charge is 2.31. The minimum atomic E-state index is -2.04. The summed E-state index contributed by atoms with van der Waals surface area (Å²) in [5, 5.41) is 1.66. The molecule has 2 aromatic carbocycles. The average Bonchev–Trinajstić information content (AvgIpc) is 2.73. The van der Waals surface area contributed by atoms with Crippen molar-refractivity contribution in [3.05, 3.63) is 65.2 Å². The molecule has 0 bridgehead atoms. The summed E-state index contributed by atoms with van der Waals surface area (Å²) in [6.07, 6.45) is 0.0973. The van der Waals surface area contributed by atoms with Crippen LogP contribution in [0, 0.1) is 0 Å². The number of nitrogens with one attached hydrogen (secondary N) is 1. The van der Waals surface area contributed by atoms with Gasteiger partial charge < -0.3 is 15.0 Å². The summed E-state index contributed by atoms with van der Waals surface area (Å²) in [5.41, 5.74) is 2.24. The fourth-order valence-electron chi connectivity index (χ4n) is 3.17. The molecule has 4 nitrogen and oxygen atoms in total. The number of esters is 1. The van der Waals surface area contributed by atoms with Gasteiger partial charge in [0.2, 0.25) is 5.13 Å². The Morgan fingerprint density at radius 1 is 1.21 bits per heavy atom. The van der Waals surface area contributed by atoms with Crippen molar-refractivity contribution in [3.8, 4) is 0 Å². The Morgan fingerprint density at radius 2 is 1.93 bits per heavy atom. The topological polar surface area (TPSA) is 41.6 Å². The summed E-state index contributed by atoms with van der Waals surface area (Å²) in [7, 11) is 0. The smallest absolute Gasteiger partial charge is 0.340 e. The van der Waals surface area contributed by atoms with E-state index in [1.165, 1.54) is 6.07 Å². The summed E-state index contributed by atoms with van der Waals surface area (Å²) in [5.74, 6) is -0.481. The van der Waals surface area contributed by atoms with Gasteiger partial charge in [0.05, 0.1) is 11.3 Å². The molecule has 1 aliphatic rings. The van der Waals surface area contributed by atoms with Crippen LogP contribution in [0.4, 0.5) is 10.1 Å².